The van der Waals surface area contributed by atoms with E-state index in [1.807, 2.05) is 26.0 Å². The summed E-state index contributed by atoms with van der Waals surface area (Å²) >= 11 is 4.87. The van der Waals surface area contributed by atoms with Crippen LogP contribution in [0.1, 0.15) is 40.4 Å². The van der Waals surface area contributed by atoms with E-state index in [0.717, 1.165) is 17.1 Å². The number of thiocarbonyl (C=S) groups is 1. The van der Waals surface area contributed by atoms with Gasteiger partial charge in [0.15, 0.2) is 0 Å². The summed E-state index contributed by atoms with van der Waals surface area (Å²) in [6.07, 6.45) is 0. The van der Waals surface area contributed by atoms with Crippen molar-refractivity contribution >= 4 is 23.1 Å². The summed E-state index contributed by atoms with van der Waals surface area (Å²) in [5.41, 5.74) is 6.82. The first kappa shape index (κ1) is 14.3. The number of benzene rings is 1. The summed E-state index contributed by atoms with van der Waals surface area (Å²) in [5.74, 6) is 1.39. The molecule has 104 valence electrons. The van der Waals surface area contributed by atoms with Crippen LogP contribution < -0.4 is 11.1 Å². The van der Waals surface area contributed by atoms with Crippen LogP contribution in [0.3, 0.4) is 0 Å². The highest BCUT2D eigenvalue weighted by atomic mass is 32.1. The molecule has 4 nitrogen and oxygen atoms in total. The Morgan fingerprint density at radius 1 is 1.20 bits per heavy atom. The fourth-order valence-electron chi connectivity index (χ4n) is 1.82. The van der Waals surface area contributed by atoms with Crippen molar-refractivity contribution in [2.24, 2.45) is 5.73 Å². The molecule has 0 aliphatic heterocycles. The van der Waals surface area contributed by atoms with Crippen LogP contribution in [-0.2, 0) is 0 Å². The van der Waals surface area contributed by atoms with Crippen molar-refractivity contribution in [3.05, 3.63) is 59.0 Å². The highest BCUT2D eigenvalue weighted by Crippen LogP contribution is 2.16. The first-order valence-corrected chi connectivity index (χ1v) is 6.65. The molecule has 0 bridgehead atoms. The molecule has 0 aliphatic rings. The first-order valence-electron chi connectivity index (χ1n) is 6.24. The van der Waals surface area contributed by atoms with Gasteiger partial charge < -0.3 is 15.5 Å². The molecule has 0 fully saturated rings. The lowest BCUT2D eigenvalue weighted by Crippen LogP contribution is -2.26. The van der Waals surface area contributed by atoms with Gasteiger partial charge in [-0.3, -0.25) is 4.79 Å². The largest absolute Gasteiger partial charge is 0.464 e. The molecule has 0 spiro atoms. The predicted molar refractivity (Wildman–Crippen MR) is 81.7 cm³/mol. The van der Waals surface area contributed by atoms with E-state index in [2.05, 4.69) is 5.32 Å². The third-order valence-corrected chi connectivity index (χ3v) is 3.20. The average Bonchev–Trinajstić information content (AvgIpc) is 2.85. The molecule has 0 aliphatic carbocycles. The standard InChI is InChI=1S/C15H16N2O2S/c1-9-3-8-13(19-9)10(2)17-15(18)12-6-4-11(5-7-12)14(16)20/h3-8,10H,1-2H3,(H2,16,20)(H,17,18). The predicted octanol–water partition coefficient (Wildman–Crippen LogP) is 2.71. The monoisotopic (exact) mass is 288 g/mol. The van der Waals surface area contributed by atoms with E-state index < -0.39 is 0 Å². The minimum atomic E-state index is -0.188. The van der Waals surface area contributed by atoms with Gasteiger partial charge in [-0.25, -0.2) is 0 Å². The van der Waals surface area contributed by atoms with Gasteiger partial charge in [0.25, 0.3) is 5.91 Å². The number of amides is 1. The van der Waals surface area contributed by atoms with Crippen molar-refractivity contribution in [3.63, 3.8) is 0 Å². The lowest BCUT2D eigenvalue weighted by atomic mass is 10.1. The Labute approximate surface area is 123 Å². The average molecular weight is 288 g/mol. The molecule has 1 heterocycles. The number of hydrogen-bond acceptors (Lipinski definition) is 3. The Morgan fingerprint density at radius 2 is 1.80 bits per heavy atom. The van der Waals surface area contributed by atoms with Crippen molar-refractivity contribution in [2.45, 2.75) is 19.9 Å². The maximum atomic E-state index is 12.1. The van der Waals surface area contributed by atoms with Crippen LogP contribution in [0.2, 0.25) is 0 Å². The van der Waals surface area contributed by atoms with E-state index in [4.69, 9.17) is 22.4 Å². The second-order valence-corrected chi connectivity index (χ2v) is 5.02. The van der Waals surface area contributed by atoms with E-state index in [0.29, 0.717) is 10.6 Å². The second kappa shape index (κ2) is 5.88. The number of aryl methyl sites for hydroxylation is 1. The number of carbonyl (C=O) groups is 1. The molecular formula is C15H16N2O2S. The van der Waals surface area contributed by atoms with Gasteiger partial charge in [0, 0.05) is 11.1 Å². The lowest BCUT2D eigenvalue weighted by Gasteiger charge is -2.11. The van der Waals surface area contributed by atoms with Crippen molar-refractivity contribution in [1.82, 2.24) is 5.32 Å². The van der Waals surface area contributed by atoms with Crippen LogP contribution in [0.25, 0.3) is 0 Å². The summed E-state index contributed by atoms with van der Waals surface area (Å²) in [5, 5.41) is 2.88. The van der Waals surface area contributed by atoms with Crippen molar-refractivity contribution in [2.75, 3.05) is 0 Å². The van der Waals surface area contributed by atoms with E-state index in [1.165, 1.54) is 0 Å². The molecule has 2 rings (SSSR count). The lowest BCUT2D eigenvalue weighted by molar-refractivity contribution is 0.0935. The summed E-state index contributed by atoms with van der Waals surface area (Å²) < 4.78 is 5.48. The van der Waals surface area contributed by atoms with Crippen molar-refractivity contribution in [1.29, 1.82) is 0 Å². The molecule has 5 heteroatoms. The Kier molecular flexibility index (Phi) is 4.20. The zero-order chi connectivity index (χ0) is 14.7. The molecule has 1 unspecified atom stereocenters. The summed E-state index contributed by atoms with van der Waals surface area (Å²) in [7, 11) is 0. The number of carbonyl (C=O) groups excluding carboxylic acids is 1. The Morgan fingerprint density at radius 3 is 2.30 bits per heavy atom. The molecule has 0 saturated heterocycles. The van der Waals surface area contributed by atoms with E-state index in [-0.39, 0.29) is 11.9 Å². The van der Waals surface area contributed by atoms with Gasteiger partial charge in [0.1, 0.15) is 16.5 Å². The third kappa shape index (κ3) is 3.24. The minimum absolute atomic E-state index is 0.166. The summed E-state index contributed by atoms with van der Waals surface area (Å²) in [6.45, 7) is 3.74. The van der Waals surface area contributed by atoms with Gasteiger partial charge in [-0.1, -0.05) is 24.4 Å². The topological polar surface area (TPSA) is 68.3 Å². The Bertz CT molecular complexity index is 632. The zero-order valence-corrected chi connectivity index (χ0v) is 12.2. The van der Waals surface area contributed by atoms with Crippen LogP contribution in [-0.4, -0.2) is 10.9 Å². The number of furan rings is 1. The second-order valence-electron chi connectivity index (χ2n) is 4.59. The van der Waals surface area contributed by atoms with Gasteiger partial charge in [-0.2, -0.15) is 0 Å². The zero-order valence-electron chi connectivity index (χ0n) is 11.3. The molecule has 1 atom stereocenters. The van der Waals surface area contributed by atoms with Gasteiger partial charge >= 0.3 is 0 Å². The molecule has 1 aromatic carbocycles. The fourth-order valence-corrected chi connectivity index (χ4v) is 1.96. The molecule has 0 saturated carbocycles. The number of nitrogens with two attached hydrogens (primary N) is 1. The van der Waals surface area contributed by atoms with Crippen LogP contribution >= 0.6 is 12.2 Å². The van der Waals surface area contributed by atoms with Gasteiger partial charge in [-0.15, -0.1) is 0 Å². The summed E-state index contributed by atoms with van der Waals surface area (Å²) in [6, 6.07) is 10.4. The highest BCUT2D eigenvalue weighted by Gasteiger charge is 2.14. The van der Waals surface area contributed by atoms with Crippen LogP contribution in [0.4, 0.5) is 0 Å². The summed E-state index contributed by atoms with van der Waals surface area (Å²) in [4.78, 5) is 12.4. The molecule has 20 heavy (non-hydrogen) atoms. The molecule has 1 amide bonds. The smallest absolute Gasteiger partial charge is 0.251 e. The Hall–Kier alpha value is -2.14. The van der Waals surface area contributed by atoms with Crippen molar-refractivity contribution in [3.8, 4) is 0 Å². The quantitative estimate of drug-likeness (QED) is 0.849. The molecule has 3 N–H and O–H groups in total. The van der Waals surface area contributed by atoms with Gasteiger partial charge in [-0.05, 0) is 38.1 Å². The van der Waals surface area contributed by atoms with Crippen LogP contribution in [0.5, 0.6) is 0 Å². The first-order chi connectivity index (χ1) is 9.47. The molecular weight excluding hydrogens is 272 g/mol. The maximum Gasteiger partial charge on any atom is 0.251 e. The Balaban J connectivity index is 2.06. The van der Waals surface area contributed by atoms with Crippen molar-refractivity contribution < 1.29 is 9.21 Å². The van der Waals surface area contributed by atoms with E-state index >= 15 is 0 Å². The van der Waals surface area contributed by atoms with E-state index in [1.54, 1.807) is 24.3 Å². The van der Waals surface area contributed by atoms with Gasteiger partial charge in [0.2, 0.25) is 0 Å². The van der Waals surface area contributed by atoms with E-state index in [9.17, 15) is 4.79 Å². The number of rotatable bonds is 4. The SMILES string of the molecule is Cc1ccc(C(C)NC(=O)c2ccc(C(N)=S)cc2)o1. The molecule has 1 aromatic heterocycles. The fraction of sp³-hybridized carbons (Fsp3) is 0.200. The molecule has 0 radical (unpaired) electrons. The molecule has 2 aromatic rings. The maximum absolute atomic E-state index is 12.1. The number of hydrogen-bond donors (Lipinski definition) is 2. The third-order valence-electron chi connectivity index (χ3n) is 2.97. The van der Waals surface area contributed by atoms with Gasteiger partial charge in [0.05, 0.1) is 6.04 Å². The minimum Gasteiger partial charge on any atom is -0.464 e. The normalized spacial score (nSPS) is 11.9. The van der Waals surface area contributed by atoms with Crippen LogP contribution in [0, 0.1) is 6.92 Å². The number of nitrogens with one attached hydrogen (secondary N) is 1. The highest BCUT2D eigenvalue weighted by molar-refractivity contribution is 7.80. The van der Waals surface area contributed by atoms with Crippen LogP contribution in [0.15, 0.2) is 40.8 Å².